The van der Waals surface area contributed by atoms with Gasteiger partial charge >= 0.3 is 0 Å². The van der Waals surface area contributed by atoms with Crippen molar-refractivity contribution >= 4 is 5.71 Å². The summed E-state index contributed by atoms with van der Waals surface area (Å²) in [5, 5.41) is 3.54. The van der Waals surface area contributed by atoms with E-state index in [1.807, 2.05) is 0 Å². The Bertz CT molecular complexity index is 60.5. The molecule has 7 heavy (non-hydrogen) atoms. The first-order valence-electron chi connectivity index (χ1n) is 2.60. The molecule has 2 heteroatoms. The molecule has 0 heterocycles. The molecule has 0 fully saturated rings. The predicted molar refractivity (Wildman–Crippen MR) is 32.2 cm³/mol. The maximum atomic E-state index is 4.98. The van der Waals surface area contributed by atoms with E-state index >= 15 is 0 Å². The highest BCUT2D eigenvalue weighted by atomic mass is 15.1. The minimum atomic E-state index is 0.979. The highest BCUT2D eigenvalue weighted by Gasteiger charge is 1.85. The van der Waals surface area contributed by atoms with E-state index in [0.29, 0.717) is 0 Å². The molecular formula is C5H12N2. The molecule has 0 bridgehead atoms. The van der Waals surface area contributed by atoms with Gasteiger partial charge in [-0.1, -0.05) is 13.8 Å². The minimum absolute atomic E-state index is 0.979. The molecule has 2 N–H and O–H groups in total. The Kier molecular flexibility index (Phi) is 3.38. The van der Waals surface area contributed by atoms with E-state index in [2.05, 4.69) is 18.9 Å². The van der Waals surface area contributed by atoms with Crippen LogP contribution in [0.2, 0.25) is 0 Å². The fourth-order valence-corrected chi connectivity index (χ4v) is 0.433. The molecule has 0 aliphatic heterocycles. The SMILES string of the molecule is CCC(CC)=NN. The van der Waals surface area contributed by atoms with Gasteiger partial charge in [-0.05, 0) is 12.8 Å². The zero-order valence-electron chi connectivity index (χ0n) is 4.94. The predicted octanol–water partition coefficient (Wildman–Crippen LogP) is 1.12. The Morgan fingerprint density at radius 3 is 1.86 bits per heavy atom. The van der Waals surface area contributed by atoms with Gasteiger partial charge in [0.25, 0.3) is 0 Å². The van der Waals surface area contributed by atoms with Gasteiger partial charge in [0.05, 0.1) is 0 Å². The fourth-order valence-electron chi connectivity index (χ4n) is 0.433. The number of hydrazone groups is 1. The third-order valence-corrected chi connectivity index (χ3v) is 0.999. The number of rotatable bonds is 2. The Morgan fingerprint density at radius 2 is 1.86 bits per heavy atom. The van der Waals surface area contributed by atoms with Gasteiger partial charge in [-0.2, -0.15) is 5.10 Å². The smallest absolute Gasteiger partial charge is 0.0370 e. The molecule has 0 radical (unpaired) electrons. The van der Waals surface area contributed by atoms with Crippen LogP contribution in [0, 0.1) is 0 Å². The van der Waals surface area contributed by atoms with Crippen molar-refractivity contribution in [2.24, 2.45) is 10.9 Å². The average molecular weight is 100 g/mol. The van der Waals surface area contributed by atoms with E-state index in [-0.39, 0.29) is 0 Å². The third kappa shape index (κ3) is 2.20. The lowest BCUT2D eigenvalue weighted by Crippen LogP contribution is -1.96. The highest BCUT2D eigenvalue weighted by Crippen LogP contribution is 1.86. The average Bonchev–Trinajstić information content (AvgIpc) is 1.72. The van der Waals surface area contributed by atoms with Gasteiger partial charge in [0, 0.05) is 5.71 Å². The van der Waals surface area contributed by atoms with Gasteiger partial charge in [-0.25, -0.2) is 0 Å². The minimum Gasteiger partial charge on any atom is -0.323 e. The van der Waals surface area contributed by atoms with Gasteiger partial charge in [0.15, 0.2) is 0 Å². The molecule has 0 spiro atoms. The maximum Gasteiger partial charge on any atom is 0.0370 e. The normalized spacial score (nSPS) is 8.29. The molecule has 2 nitrogen and oxygen atoms in total. The van der Waals surface area contributed by atoms with Crippen LogP contribution < -0.4 is 5.84 Å². The molecule has 0 aliphatic carbocycles. The number of nitrogens with zero attached hydrogens (tertiary/aromatic N) is 1. The van der Waals surface area contributed by atoms with Crippen molar-refractivity contribution in [3.05, 3.63) is 0 Å². The Labute approximate surface area is 44.4 Å². The molecule has 0 aromatic carbocycles. The first-order chi connectivity index (χ1) is 3.35. The molecule has 0 amide bonds. The van der Waals surface area contributed by atoms with E-state index in [0.717, 1.165) is 18.6 Å². The van der Waals surface area contributed by atoms with Crippen molar-refractivity contribution in [3.63, 3.8) is 0 Å². The lowest BCUT2D eigenvalue weighted by atomic mass is 10.2. The van der Waals surface area contributed by atoms with Crippen molar-refractivity contribution in [1.82, 2.24) is 0 Å². The van der Waals surface area contributed by atoms with Gasteiger partial charge in [-0.3, -0.25) is 0 Å². The Balaban J connectivity index is 3.38. The molecule has 0 unspecified atom stereocenters. The van der Waals surface area contributed by atoms with E-state index in [1.165, 1.54) is 0 Å². The van der Waals surface area contributed by atoms with Crippen LogP contribution in [0.15, 0.2) is 5.10 Å². The van der Waals surface area contributed by atoms with Crippen LogP contribution in [-0.2, 0) is 0 Å². The molecule has 0 atom stereocenters. The molecule has 0 aromatic heterocycles. The van der Waals surface area contributed by atoms with Gasteiger partial charge in [0.1, 0.15) is 0 Å². The van der Waals surface area contributed by atoms with Crippen molar-refractivity contribution in [1.29, 1.82) is 0 Å². The van der Waals surface area contributed by atoms with Crippen molar-refractivity contribution in [2.75, 3.05) is 0 Å². The largest absolute Gasteiger partial charge is 0.323 e. The zero-order chi connectivity index (χ0) is 5.70. The summed E-state index contributed by atoms with van der Waals surface area (Å²) in [5.41, 5.74) is 1.08. The second-order valence-corrected chi connectivity index (χ2v) is 1.40. The molecule has 0 saturated carbocycles. The standard InChI is InChI=1S/C5H12N2/c1-3-5(4-2)7-6/h3-4,6H2,1-2H3. The summed E-state index contributed by atoms with van der Waals surface area (Å²) < 4.78 is 0. The first-order valence-corrected chi connectivity index (χ1v) is 2.60. The molecule has 42 valence electrons. The lowest BCUT2D eigenvalue weighted by molar-refractivity contribution is 1.10. The summed E-state index contributed by atoms with van der Waals surface area (Å²) in [7, 11) is 0. The number of nitrogens with two attached hydrogens (primary N) is 1. The maximum absolute atomic E-state index is 4.98. The topological polar surface area (TPSA) is 38.4 Å². The summed E-state index contributed by atoms with van der Waals surface area (Å²) in [6.45, 7) is 4.10. The van der Waals surface area contributed by atoms with Gasteiger partial charge in [-0.15, -0.1) is 0 Å². The van der Waals surface area contributed by atoms with E-state index in [4.69, 9.17) is 5.84 Å². The van der Waals surface area contributed by atoms with Crippen LogP contribution >= 0.6 is 0 Å². The van der Waals surface area contributed by atoms with Crippen molar-refractivity contribution in [2.45, 2.75) is 26.7 Å². The highest BCUT2D eigenvalue weighted by molar-refractivity contribution is 5.83. The van der Waals surface area contributed by atoms with Crippen LogP contribution in [0.1, 0.15) is 26.7 Å². The Hall–Kier alpha value is -0.530. The molecular weight excluding hydrogens is 88.1 g/mol. The zero-order valence-corrected chi connectivity index (χ0v) is 4.94. The second-order valence-electron chi connectivity index (χ2n) is 1.40. The Morgan fingerprint density at radius 1 is 1.43 bits per heavy atom. The monoisotopic (exact) mass is 100 g/mol. The fraction of sp³-hybridized carbons (Fsp3) is 0.800. The van der Waals surface area contributed by atoms with Crippen LogP contribution in [0.5, 0.6) is 0 Å². The second kappa shape index (κ2) is 3.65. The molecule has 0 rings (SSSR count). The van der Waals surface area contributed by atoms with Gasteiger partial charge < -0.3 is 5.84 Å². The molecule has 0 aromatic rings. The molecule has 0 aliphatic rings. The first kappa shape index (κ1) is 6.47. The van der Waals surface area contributed by atoms with E-state index in [1.54, 1.807) is 0 Å². The van der Waals surface area contributed by atoms with Crippen LogP contribution in [0.3, 0.4) is 0 Å². The summed E-state index contributed by atoms with van der Waals surface area (Å²) >= 11 is 0. The van der Waals surface area contributed by atoms with Crippen molar-refractivity contribution < 1.29 is 0 Å². The third-order valence-electron chi connectivity index (χ3n) is 0.999. The summed E-state index contributed by atoms with van der Waals surface area (Å²) in [6, 6.07) is 0. The lowest BCUT2D eigenvalue weighted by Gasteiger charge is -1.91. The number of hydrogen-bond donors (Lipinski definition) is 1. The van der Waals surface area contributed by atoms with E-state index < -0.39 is 0 Å². The van der Waals surface area contributed by atoms with Crippen LogP contribution in [0.4, 0.5) is 0 Å². The van der Waals surface area contributed by atoms with Crippen LogP contribution in [-0.4, -0.2) is 5.71 Å². The number of hydrogen-bond acceptors (Lipinski definition) is 2. The summed E-state index contributed by atoms with van der Waals surface area (Å²) in [5.74, 6) is 4.98. The van der Waals surface area contributed by atoms with Crippen LogP contribution in [0.25, 0.3) is 0 Å². The van der Waals surface area contributed by atoms with Gasteiger partial charge in [0.2, 0.25) is 0 Å². The van der Waals surface area contributed by atoms with Crippen molar-refractivity contribution in [3.8, 4) is 0 Å². The van der Waals surface area contributed by atoms with E-state index in [9.17, 15) is 0 Å². The summed E-state index contributed by atoms with van der Waals surface area (Å²) in [4.78, 5) is 0. The quantitative estimate of drug-likeness (QED) is 0.315. The summed E-state index contributed by atoms with van der Waals surface area (Å²) in [6.07, 6.45) is 1.96. The molecule has 0 saturated heterocycles.